The van der Waals surface area contributed by atoms with Crippen LogP contribution in [0.3, 0.4) is 0 Å². The van der Waals surface area contributed by atoms with Gasteiger partial charge in [-0.1, -0.05) is 15.9 Å². The van der Waals surface area contributed by atoms with Gasteiger partial charge in [-0.25, -0.2) is 0 Å². The summed E-state index contributed by atoms with van der Waals surface area (Å²) in [6.45, 7) is 1.97. The van der Waals surface area contributed by atoms with Gasteiger partial charge in [-0.05, 0) is 43.5 Å². The third kappa shape index (κ3) is 3.36. The molecular formula is C10H14BrNO. The molecule has 0 amide bonds. The summed E-state index contributed by atoms with van der Waals surface area (Å²) in [5.41, 5.74) is 6.59. The van der Waals surface area contributed by atoms with Crippen molar-refractivity contribution >= 4 is 15.9 Å². The lowest BCUT2D eigenvalue weighted by Gasteiger charge is -2.07. The minimum atomic E-state index is 0.179. The van der Waals surface area contributed by atoms with E-state index >= 15 is 0 Å². The summed E-state index contributed by atoms with van der Waals surface area (Å²) in [5.74, 6) is 0.351. The predicted octanol–water partition coefficient (Wildman–Crippen LogP) is 2.43. The Kier molecular flexibility index (Phi) is 3.75. The Hall–Kier alpha value is -0.540. The maximum atomic E-state index is 9.49. The molecule has 0 aliphatic carbocycles. The molecule has 1 unspecified atom stereocenters. The third-order valence-electron chi connectivity index (χ3n) is 1.91. The Morgan fingerprint density at radius 1 is 1.54 bits per heavy atom. The van der Waals surface area contributed by atoms with Crippen LogP contribution in [-0.4, -0.2) is 11.1 Å². The number of hydrogen-bond acceptors (Lipinski definition) is 2. The second kappa shape index (κ2) is 4.63. The van der Waals surface area contributed by atoms with Gasteiger partial charge in [-0.3, -0.25) is 0 Å². The predicted molar refractivity (Wildman–Crippen MR) is 57.8 cm³/mol. The molecule has 13 heavy (non-hydrogen) atoms. The van der Waals surface area contributed by atoms with Crippen LogP contribution in [0.2, 0.25) is 0 Å². The number of aryl methyl sites for hydroxylation is 1. The van der Waals surface area contributed by atoms with Crippen molar-refractivity contribution < 1.29 is 5.11 Å². The third-order valence-corrected chi connectivity index (χ3v) is 2.40. The van der Waals surface area contributed by atoms with Crippen molar-refractivity contribution in [2.24, 2.45) is 5.73 Å². The van der Waals surface area contributed by atoms with Gasteiger partial charge in [-0.15, -0.1) is 0 Å². The molecule has 1 aromatic carbocycles. The van der Waals surface area contributed by atoms with Gasteiger partial charge in [0.15, 0.2) is 0 Å². The van der Waals surface area contributed by atoms with E-state index in [-0.39, 0.29) is 6.04 Å². The minimum Gasteiger partial charge on any atom is -0.508 e. The summed E-state index contributed by atoms with van der Waals surface area (Å²) in [6.07, 6.45) is 1.72. The van der Waals surface area contributed by atoms with E-state index in [1.165, 1.54) is 0 Å². The molecule has 3 N–H and O–H groups in total. The Morgan fingerprint density at radius 3 is 2.85 bits per heavy atom. The molecule has 0 aliphatic heterocycles. The average Bonchev–Trinajstić information content (AvgIpc) is 2.06. The fraction of sp³-hybridized carbons (Fsp3) is 0.400. The number of phenols is 1. The molecule has 0 saturated heterocycles. The number of rotatable bonds is 3. The van der Waals surface area contributed by atoms with Crippen LogP contribution in [0.15, 0.2) is 22.7 Å². The topological polar surface area (TPSA) is 46.2 Å². The minimum absolute atomic E-state index is 0.179. The van der Waals surface area contributed by atoms with Crippen LogP contribution < -0.4 is 5.73 Å². The fourth-order valence-electron chi connectivity index (χ4n) is 1.14. The fourth-order valence-corrected chi connectivity index (χ4v) is 1.55. The second-order valence-electron chi connectivity index (χ2n) is 3.29. The monoisotopic (exact) mass is 243 g/mol. The van der Waals surface area contributed by atoms with Gasteiger partial charge in [0.1, 0.15) is 5.75 Å². The normalized spacial score (nSPS) is 12.8. The number of phenolic OH excluding ortho intramolecular Hbond substituents is 1. The van der Waals surface area contributed by atoms with Crippen molar-refractivity contribution in [3.05, 3.63) is 28.2 Å². The SMILES string of the molecule is CC(N)CCc1cc(Br)ccc1O. The molecule has 0 saturated carbocycles. The van der Waals surface area contributed by atoms with E-state index in [4.69, 9.17) is 5.73 Å². The molecule has 0 radical (unpaired) electrons. The van der Waals surface area contributed by atoms with Crippen molar-refractivity contribution in [3.8, 4) is 5.75 Å². The summed E-state index contributed by atoms with van der Waals surface area (Å²) in [7, 11) is 0. The Balaban J connectivity index is 2.70. The van der Waals surface area contributed by atoms with Crippen molar-refractivity contribution in [3.63, 3.8) is 0 Å². The molecule has 0 bridgehead atoms. The van der Waals surface area contributed by atoms with Crippen LogP contribution in [0.25, 0.3) is 0 Å². The molecule has 2 nitrogen and oxygen atoms in total. The van der Waals surface area contributed by atoms with Gasteiger partial charge >= 0.3 is 0 Å². The van der Waals surface area contributed by atoms with Crippen LogP contribution in [0.1, 0.15) is 18.9 Å². The Bertz CT molecular complexity index is 286. The highest BCUT2D eigenvalue weighted by Crippen LogP contribution is 2.23. The van der Waals surface area contributed by atoms with E-state index in [1.807, 2.05) is 19.1 Å². The summed E-state index contributed by atoms with van der Waals surface area (Å²) in [4.78, 5) is 0. The highest BCUT2D eigenvalue weighted by atomic mass is 79.9. The van der Waals surface area contributed by atoms with Crippen molar-refractivity contribution in [1.82, 2.24) is 0 Å². The number of benzene rings is 1. The van der Waals surface area contributed by atoms with Crippen LogP contribution in [0, 0.1) is 0 Å². The molecule has 0 aliphatic rings. The van der Waals surface area contributed by atoms with Gasteiger partial charge in [0.2, 0.25) is 0 Å². The summed E-state index contributed by atoms with van der Waals surface area (Å²) in [6, 6.07) is 5.63. The Morgan fingerprint density at radius 2 is 2.23 bits per heavy atom. The maximum absolute atomic E-state index is 9.49. The molecule has 1 atom stereocenters. The zero-order valence-corrected chi connectivity index (χ0v) is 9.21. The lowest BCUT2D eigenvalue weighted by atomic mass is 10.1. The first-order valence-electron chi connectivity index (χ1n) is 4.32. The molecule has 0 heterocycles. The lowest BCUT2D eigenvalue weighted by molar-refractivity contribution is 0.465. The number of halogens is 1. The van der Waals surface area contributed by atoms with Gasteiger partial charge in [0.05, 0.1) is 0 Å². The van der Waals surface area contributed by atoms with Gasteiger partial charge in [0, 0.05) is 10.5 Å². The molecule has 72 valence electrons. The zero-order chi connectivity index (χ0) is 9.84. The standard InChI is InChI=1S/C10H14BrNO/c1-7(12)2-3-8-6-9(11)4-5-10(8)13/h4-7,13H,2-3,12H2,1H3. The van der Waals surface area contributed by atoms with Gasteiger partial charge in [-0.2, -0.15) is 0 Å². The maximum Gasteiger partial charge on any atom is 0.118 e. The molecule has 0 aromatic heterocycles. The lowest BCUT2D eigenvalue weighted by Crippen LogP contribution is -2.15. The molecule has 1 aromatic rings. The number of hydrogen-bond donors (Lipinski definition) is 2. The number of aromatic hydroxyl groups is 1. The summed E-state index contributed by atoms with van der Waals surface area (Å²) < 4.78 is 0.991. The van der Waals surface area contributed by atoms with Crippen LogP contribution in [-0.2, 0) is 6.42 Å². The van der Waals surface area contributed by atoms with E-state index in [9.17, 15) is 5.11 Å². The quantitative estimate of drug-likeness (QED) is 0.857. The zero-order valence-electron chi connectivity index (χ0n) is 7.63. The highest BCUT2D eigenvalue weighted by Gasteiger charge is 2.03. The van der Waals surface area contributed by atoms with Gasteiger partial charge in [0.25, 0.3) is 0 Å². The first kappa shape index (κ1) is 10.5. The molecule has 3 heteroatoms. The Labute approximate surface area is 86.9 Å². The van der Waals surface area contributed by atoms with E-state index in [0.29, 0.717) is 5.75 Å². The average molecular weight is 244 g/mol. The number of nitrogens with two attached hydrogens (primary N) is 1. The smallest absolute Gasteiger partial charge is 0.118 e. The highest BCUT2D eigenvalue weighted by molar-refractivity contribution is 9.10. The molecule has 0 fully saturated rings. The van der Waals surface area contributed by atoms with Crippen LogP contribution >= 0.6 is 15.9 Å². The van der Waals surface area contributed by atoms with Crippen molar-refractivity contribution in [2.75, 3.05) is 0 Å². The van der Waals surface area contributed by atoms with Crippen molar-refractivity contribution in [1.29, 1.82) is 0 Å². The second-order valence-corrected chi connectivity index (χ2v) is 4.20. The van der Waals surface area contributed by atoms with E-state index in [2.05, 4.69) is 15.9 Å². The van der Waals surface area contributed by atoms with E-state index < -0.39 is 0 Å². The largest absolute Gasteiger partial charge is 0.508 e. The summed E-state index contributed by atoms with van der Waals surface area (Å²) in [5, 5.41) is 9.49. The van der Waals surface area contributed by atoms with E-state index in [1.54, 1.807) is 6.07 Å². The first-order chi connectivity index (χ1) is 6.09. The first-order valence-corrected chi connectivity index (χ1v) is 5.12. The van der Waals surface area contributed by atoms with E-state index in [0.717, 1.165) is 22.9 Å². The van der Waals surface area contributed by atoms with Gasteiger partial charge < -0.3 is 10.8 Å². The van der Waals surface area contributed by atoms with Crippen molar-refractivity contribution in [2.45, 2.75) is 25.8 Å². The van der Waals surface area contributed by atoms with Crippen LogP contribution in [0.5, 0.6) is 5.75 Å². The van der Waals surface area contributed by atoms with Crippen LogP contribution in [0.4, 0.5) is 0 Å². The molecule has 0 spiro atoms. The molecular weight excluding hydrogens is 230 g/mol. The molecule has 1 rings (SSSR count). The summed E-state index contributed by atoms with van der Waals surface area (Å²) >= 11 is 3.36.